The van der Waals surface area contributed by atoms with E-state index >= 15 is 0 Å². The first-order valence-electron chi connectivity index (χ1n) is 13.1. The van der Waals surface area contributed by atoms with Crippen molar-refractivity contribution in [3.8, 4) is 0 Å². The molecule has 190 valence electrons. The lowest BCUT2D eigenvalue weighted by Gasteiger charge is -2.47. The van der Waals surface area contributed by atoms with Gasteiger partial charge >= 0.3 is 5.97 Å². The third kappa shape index (κ3) is 6.11. The molecule has 1 aromatic heterocycles. The van der Waals surface area contributed by atoms with Crippen LogP contribution >= 0.6 is 0 Å². The van der Waals surface area contributed by atoms with E-state index in [4.69, 9.17) is 4.74 Å². The number of nitrogens with zero attached hydrogens (tertiary/aromatic N) is 2. The van der Waals surface area contributed by atoms with Gasteiger partial charge in [-0.25, -0.2) is 20.6 Å². The van der Waals surface area contributed by atoms with Crippen LogP contribution in [0.25, 0.3) is 0 Å². The maximum Gasteiger partial charge on any atom is 0.340 e. The summed E-state index contributed by atoms with van der Waals surface area (Å²) in [6.45, 7) is 3.61. The highest BCUT2D eigenvalue weighted by Crippen LogP contribution is 2.39. The first kappa shape index (κ1) is 25.4. The number of anilines is 1. The number of aromatic nitrogens is 2. The smallest absolute Gasteiger partial charge is 0.340 e. The van der Waals surface area contributed by atoms with Crippen LogP contribution in [0.4, 0.5) is 5.69 Å². The summed E-state index contributed by atoms with van der Waals surface area (Å²) >= 11 is 0. The molecule has 1 saturated heterocycles. The molecule has 0 bridgehead atoms. The van der Waals surface area contributed by atoms with Crippen molar-refractivity contribution >= 4 is 17.6 Å². The number of rotatable bonds is 6. The maximum atomic E-state index is 13.2. The minimum atomic E-state index is -0.440. The Kier molecular flexibility index (Phi) is 8.57. The number of esters is 1. The van der Waals surface area contributed by atoms with E-state index in [-0.39, 0.29) is 17.7 Å². The van der Waals surface area contributed by atoms with E-state index in [1.165, 1.54) is 38.5 Å². The molecule has 8 nitrogen and oxygen atoms in total. The summed E-state index contributed by atoms with van der Waals surface area (Å²) in [6.07, 6.45) is 17.0. The molecule has 8 heteroatoms. The monoisotopic (exact) mass is 481 g/mol. The Morgan fingerprint density at radius 1 is 1.09 bits per heavy atom. The van der Waals surface area contributed by atoms with Crippen molar-refractivity contribution < 1.29 is 14.3 Å². The van der Waals surface area contributed by atoms with E-state index in [1.54, 1.807) is 38.1 Å². The standard InChI is InChI=1S/C27H39N5O3/c1-20(2)35-26(34)22-13-9-10-14-23(22)29-25(33)24-15-16-27(31-30-24,32-18-17-28-19-32)21-11-7-5-3-4-6-8-12-21/h9-10,13-14,17-21,24,30-31H,3-8,11-12,15-16H2,1-2H3,(H,29,33). The number of hydrogen-bond acceptors (Lipinski definition) is 6. The Balaban J connectivity index is 1.46. The maximum absolute atomic E-state index is 13.2. The number of carbonyl (C=O) groups is 2. The molecule has 2 fully saturated rings. The average Bonchev–Trinajstić information content (AvgIpc) is 3.43. The number of benzene rings is 1. The van der Waals surface area contributed by atoms with Crippen molar-refractivity contribution in [3.05, 3.63) is 48.5 Å². The van der Waals surface area contributed by atoms with Crippen LogP contribution in [0, 0.1) is 5.92 Å². The second kappa shape index (κ2) is 11.8. The van der Waals surface area contributed by atoms with Crippen LogP contribution in [0.1, 0.15) is 88.4 Å². The summed E-state index contributed by atoms with van der Waals surface area (Å²) in [5.41, 5.74) is 7.41. The fourth-order valence-electron chi connectivity index (χ4n) is 5.49. The molecule has 35 heavy (non-hydrogen) atoms. The van der Waals surface area contributed by atoms with Crippen LogP contribution in [0.5, 0.6) is 0 Å². The molecule has 2 unspecified atom stereocenters. The number of hydrazine groups is 1. The van der Waals surface area contributed by atoms with Crippen LogP contribution in [0.3, 0.4) is 0 Å². The molecule has 3 N–H and O–H groups in total. The summed E-state index contributed by atoms with van der Waals surface area (Å²) in [5, 5.41) is 2.94. The van der Waals surface area contributed by atoms with Gasteiger partial charge < -0.3 is 14.6 Å². The van der Waals surface area contributed by atoms with E-state index in [1.807, 2.05) is 18.7 Å². The third-order valence-electron chi connectivity index (χ3n) is 7.34. The largest absolute Gasteiger partial charge is 0.459 e. The summed E-state index contributed by atoms with van der Waals surface area (Å²) in [5.74, 6) is -0.154. The lowest BCUT2D eigenvalue weighted by molar-refractivity contribution is -0.120. The van der Waals surface area contributed by atoms with Crippen LogP contribution in [0.15, 0.2) is 43.0 Å². The van der Waals surface area contributed by atoms with Gasteiger partial charge in [-0.1, -0.05) is 50.7 Å². The topological polar surface area (TPSA) is 97.3 Å². The Morgan fingerprint density at radius 3 is 2.43 bits per heavy atom. The summed E-state index contributed by atoms with van der Waals surface area (Å²) in [7, 11) is 0. The van der Waals surface area contributed by atoms with Crippen LogP contribution in [-0.4, -0.2) is 33.6 Å². The zero-order valence-electron chi connectivity index (χ0n) is 21.0. The van der Waals surface area contributed by atoms with Gasteiger partial charge in [-0.05, 0) is 57.6 Å². The van der Waals surface area contributed by atoms with E-state index in [9.17, 15) is 9.59 Å². The van der Waals surface area contributed by atoms with Gasteiger partial charge in [0.2, 0.25) is 5.91 Å². The Morgan fingerprint density at radius 2 is 1.80 bits per heavy atom. The van der Waals surface area contributed by atoms with Gasteiger partial charge in [0.15, 0.2) is 0 Å². The first-order valence-corrected chi connectivity index (χ1v) is 13.1. The number of para-hydroxylation sites is 1. The van der Waals surface area contributed by atoms with E-state index in [2.05, 4.69) is 25.7 Å². The Hall–Kier alpha value is -2.71. The lowest BCUT2D eigenvalue weighted by Crippen LogP contribution is -2.65. The number of carbonyl (C=O) groups excluding carboxylic acids is 2. The van der Waals surface area contributed by atoms with Crippen molar-refractivity contribution in [2.75, 3.05) is 5.32 Å². The summed E-state index contributed by atoms with van der Waals surface area (Å²) < 4.78 is 7.53. The second-order valence-corrected chi connectivity index (χ2v) is 10.1. The summed E-state index contributed by atoms with van der Waals surface area (Å²) in [4.78, 5) is 30.0. The highest BCUT2D eigenvalue weighted by molar-refractivity contribution is 6.02. The third-order valence-corrected chi connectivity index (χ3v) is 7.34. The number of ether oxygens (including phenoxy) is 1. The van der Waals surface area contributed by atoms with Gasteiger partial charge in [-0.2, -0.15) is 0 Å². The molecule has 2 heterocycles. The molecule has 2 aromatic rings. The van der Waals surface area contributed by atoms with Crippen LogP contribution in [-0.2, 0) is 15.2 Å². The molecule has 0 radical (unpaired) electrons. The van der Waals surface area contributed by atoms with Crippen LogP contribution < -0.4 is 16.2 Å². The van der Waals surface area contributed by atoms with E-state index in [0.29, 0.717) is 23.6 Å². The number of imidazole rings is 1. The Labute approximate surface area is 208 Å². The lowest BCUT2D eigenvalue weighted by atomic mass is 9.79. The van der Waals surface area contributed by atoms with Gasteiger partial charge in [0.1, 0.15) is 11.7 Å². The quantitative estimate of drug-likeness (QED) is 0.516. The molecule has 1 aromatic carbocycles. The highest BCUT2D eigenvalue weighted by Gasteiger charge is 2.44. The minimum Gasteiger partial charge on any atom is -0.459 e. The fourth-order valence-corrected chi connectivity index (χ4v) is 5.49. The van der Waals surface area contributed by atoms with Crippen molar-refractivity contribution in [2.45, 2.75) is 95.9 Å². The molecular formula is C27H39N5O3. The van der Waals surface area contributed by atoms with E-state index < -0.39 is 12.0 Å². The first-order chi connectivity index (χ1) is 17.0. The van der Waals surface area contributed by atoms with Gasteiger partial charge in [-0.15, -0.1) is 0 Å². The van der Waals surface area contributed by atoms with Crippen molar-refractivity contribution in [2.24, 2.45) is 5.92 Å². The second-order valence-electron chi connectivity index (χ2n) is 10.1. The number of hydrogen-bond donors (Lipinski definition) is 3. The minimum absolute atomic E-state index is 0.170. The molecule has 1 saturated carbocycles. The van der Waals surface area contributed by atoms with E-state index in [0.717, 1.165) is 19.3 Å². The molecule has 1 aliphatic heterocycles. The summed E-state index contributed by atoms with van der Waals surface area (Å²) in [6, 6.07) is 6.56. The SMILES string of the molecule is CC(C)OC(=O)c1ccccc1NC(=O)C1CCC(C2CCCCCCCC2)(n2ccnc2)NN1. The van der Waals surface area contributed by atoms with Gasteiger partial charge in [-0.3, -0.25) is 4.79 Å². The normalized spacial score (nSPS) is 24.3. The predicted octanol–water partition coefficient (Wildman–Crippen LogP) is 4.75. The van der Waals surface area contributed by atoms with Crippen molar-refractivity contribution in [3.63, 3.8) is 0 Å². The van der Waals surface area contributed by atoms with Gasteiger partial charge in [0, 0.05) is 12.4 Å². The molecule has 4 rings (SSSR count). The zero-order valence-corrected chi connectivity index (χ0v) is 21.0. The average molecular weight is 482 g/mol. The van der Waals surface area contributed by atoms with Crippen molar-refractivity contribution in [1.29, 1.82) is 0 Å². The molecule has 2 aliphatic rings. The highest BCUT2D eigenvalue weighted by atomic mass is 16.5. The molecule has 1 aliphatic carbocycles. The Bertz CT molecular complexity index is 957. The number of nitrogens with one attached hydrogen (secondary N) is 3. The van der Waals surface area contributed by atoms with Gasteiger partial charge in [0.25, 0.3) is 0 Å². The fraction of sp³-hybridized carbons (Fsp3) is 0.593. The molecule has 1 amide bonds. The zero-order chi connectivity index (χ0) is 24.7. The molecular weight excluding hydrogens is 442 g/mol. The van der Waals surface area contributed by atoms with Gasteiger partial charge in [0.05, 0.1) is 23.7 Å². The molecule has 2 atom stereocenters. The predicted molar refractivity (Wildman–Crippen MR) is 136 cm³/mol. The van der Waals surface area contributed by atoms with Crippen LogP contribution in [0.2, 0.25) is 0 Å². The van der Waals surface area contributed by atoms with Crippen molar-refractivity contribution in [1.82, 2.24) is 20.4 Å². The molecule has 0 spiro atoms. The number of amides is 1.